The second-order valence-electron chi connectivity index (χ2n) is 10.8. The Morgan fingerprint density at radius 3 is 2.56 bits per heavy atom. The Hall–Kier alpha value is -2.99. The molecule has 212 valence electrons. The van der Waals surface area contributed by atoms with Crippen LogP contribution >= 0.6 is 0 Å². The molecule has 39 heavy (non-hydrogen) atoms. The Labute approximate surface area is 229 Å². The summed E-state index contributed by atoms with van der Waals surface area (Å²) in [5.41, 5.74) is -0.166. The van der Waals surface area contributed by atoms with Crippen molar-refractivity contribution < 1.29 is 33.7 Å². The van der Waals surface area contributed by atoms with Crippen molar-refractivity contribution in [2.75, 3.05) is 32.3 Å². The molecule has 3 heterocycles. The maximum atomic E-state index is 14.3. The number of aliphatic hydroxyl groups is 1. The van der Waals surface area contributed by atoms with Gasteiger partial charge in [-0.2, -0.15) is 0 Å². The van der Waals surface area contributed by atoms with Crippen molar-refractivity contribution >= 4 is 25.9 Å². The smallest absolute Gasteiger partial charge is 0.305 e. The summed E-state index contributed by atoms with van der Waals surface area (Å²) in [6.45, 7) is 5.83. The molecule has 1 aromatic heterocycles. The Morgan fingerprint density at radius 1 is 1.18 bits per heavy atom. The normalized spacial score (nSPS) is 24.3. The van der Waals surface area contributed by atoms with Gasteiger partial charge in [0.15, 0.2) is 19.7 Å². The number of methoxy groups -OCH3 is 2. The molecule has 0 saturated carbocycles. The second kappa shape index (κ2) is 11.2. The van der Waals surface area contributed by atoms with Gasteiger partial charge in [-0.1, -0.05) is 6.92 Å². The third kappa shape index (κ3) is 5.04. The SMILES string of the molecule is COC(=O)CCCCN1C(=O)[C@]2(O[C@H](CCO)[C@@H]([Si](C)(C)O)[C@@H]2C)c2cc(-n3cccc(OC)c3=O)ccc21. The van der Waals surface area contributed by atoms with Crippen molar-refractivity contribution in [3.8, 4) is 11.4 Å². The lowest BCUT2D eigenvalue weighted by atomic mass is 9.82. The van der Waals surface area contributed by atoms with Crippen LogP contribution in [0.3, 0.4) is 0 Å². The largest absolute Gasteiger partial charge is 0.491 e. The average Bonchev–Trinajstić information content (AvgIpc) is 3.32. The zero-order valence-corrected chi connectivity index (χ0v) is 24.2. The van der Waals surface area contributed by atoms with E-state index in [-0.39, 0.29) is 47.7 Å². The quantitative estimate of drug-likeness (QED) is 0.259. The number of carbonyl (C=O) groups is 2. The van der Waals surface area contributed by atoms with Crippen LogP contribution in [0, 0.1) is 5.92 Å². The number of amides is 1. The maximum absolute atomic E-state index is 14.3. The molecule has 0 radical (unpaired) electrons. The fourth-order valence-electron chi connectivity index (χ4n) is 6.31. The van der Waals surface area contributed by atoms with Crippen LogP contribution in [0.15, 0.2) is 41.3 Å². The Balaban J connectivity index is 1.82. The van der Waals surface area contributed by atoms with Gasteiger partial charge in [0.1, 0.15) is 0 Å². The molecule has 1 spiro atoms. The highest BCUT2D eigenvalue weighted by atomic mass is 28.4. The van der Waals surface area contributed by atoms with Crippen LogP contribution in [-0.4, -0.2) is 68.1 Å². The van der Waals surface area contributed by atoms with Crippen LogP contribution in [0.5, 0.6) is 5.75 Å². The lowest BCUT2D eigenvalue weighted by Crippen LogP contribution is -2.46. The number of benzene rings is 1. The van der Waals surface area contributed by atoms with Gasteiger partial charge in [-0.05, 0) is 62.7 Å². The minimum atomic E-state index is -2.83. The molecule has 0 bridgehead atoms. The first-order valence-corrected chi connectivity index (χ1v) is 16.3. The molecule has 4 atom stereocenters. The molecule has 2 aliphatic heterocycles. The number of pyridine rings is 1. The highest BCUT2D eigenvalue weighted by Crippen LogP contribution is 2.59. The van der Waals surface area contributed by atoms with Crippen molar-refractivity contribution in [2.45, 2.75) is 62.9 Å². The monoisotopic (exact) mass is 558 g/mol. The van der Waals surface area contributed by atoms with Crippen LogP contribution in [0.4, 0.5) is 5.69 Å². The minimum absolute atomic E-state index is 0.133. The highest BCUT2D eigenvalue weighted by Gasteiger charge is 2.66. The number of aromatic nitrogens is 1. The van der Waals surface area contributed by atoms with Gasteiger partial charge in [-0.15, -0.1) is 0 Å². The molecule has 11 heteroatoms. The number of esters is 1. The van der Waals surface area contributed by atoms with E-state index in [0.29, 0.717) is 42.7 Å². The summed E-state index contributed by atoms with van der Waals surface area (Å²) in [5.74, 6) is -0.727. The van der Waals surface area contributed by atoms with Gasteiger partial charge < -0.3 is 29.0 Å². The molecule has 1 amide bonds. The highest BCUT2D eigenvalue weighted by molar-refractivity contribution is 6.71. The second-order valence-corrected chi connectivity index (χ2v) is 14.8. The van der Waals surface area contributed by atoms with Gasteiger partial charge in [0, 0.05) is 48.5 Å². The summed E-state index contributed by atoms with van der Waals surface area (Å²) in [5, 5.41) is 9.79. The lowest BCUT2D eigenvalue weighted by Gasteiger charge is -2.32. The van der Waals surface area contributed by atoms with Crippen molar-refractivity contribution in [1.29, 1.82) is 0 Å². The lowest BCUT2D eigenvalue weighted by molar-refractivity contribution is -0.146. The molecule has 0 unspecified atom stereocenters. The van der Waals surface area contributed by atoms with E-state index in [1.54, 1.807) is 29.3 Å². The summed E-state index contributed by atoms with van der Waals surface area (Å²) in [7, 11) is -0.0460. The number of fused-ring (bicyclic) bond motifs is 2. The molecule has 2 N–H and O–H groups in total. The number of nitrogens with zero attached hydrogens (tertiary/aromatic N) is 2. The fourth-order valence-corrected chi connectivity index (χ4v) is 8.91. The molecule has 1 saturated heterocycles. The zero-order chi connectivity index (χ0) is 28.5. The number of unbranched alkanes of at least 4 members (excludes halogenated alkanes) is 1. The molecule has 10 nitrogen and oxygen atoms in total. The standard InChI is InChI=1S/C28H38N2O8Si/c1-18-25(39(4,5)35)22(13-16-31)38-28(18)20-17-19(29-15-8-9-23(36-2)26(29)33)11-12-21(20)30(27(28)34)14-7-6-10-24(32)37-3/h8-9,11-12,15,17-18,22,25,31,35H,6-7,10,13-14,16H2,1-5H3/t18-,22+,25-,28+/m0/s1. The number of ether oxygens (including phenoxy) is 3. The van der Waals surface area contributed by atoms with Gasteiger partial charge in [-0.25, -0.2) is 0 Å². The van der Waals surface area contributed by atoms with E-state index >= 15 is 0 Å². The Morgan fingerprint density at radius 2 is 1.92 bits per heavy atom. The molecule has 2 aromatic rings. The van der Waals surface area contributed by atoms with E-state index < -0.39 is 20.0 Å². The number of aliphatic hydroxyl groups excluding tert-OH is 1. The van der Waals surface area contributed by atoms with Crippen molar-refractivity contribution in [3.63, 3.8) is 0 Å². The molecular weight excluding hydrogens is 520 g/mol. The van der Waals surface area contributed by atoms with Gasteiger partial charge in [0.2, 0.25) is 0 Å². The van der Waals surface area contributed by atoms with Crippen LogP contribution < -0.4 is 15.2 Å². The minimum Gasteiger partial charge on any atom is -0.491 e. The van der Waals surface area contributed by atoms with Gasteiger partial charge in [0.25, 0.3) is 11.5 Å². The summed E-state index contributed by atoms with van der Waals surface area (Å²) in [6, 6.07) is 8.71. The Bertz CT molecular complexity index is 1290. The summed E-state index contributed by atoms with van der Waals surface area (Å²) in [6.07, 6.45) is 2.82. The van der Waals surface area contributed by atoms with Crippen LogP contribution in [0.1, 0.15) is 38.2 Å². The number of hydrogen-bond donors (Lipinski definition) is 2. The van der Waals surface area contributed by atoms with Crippen molar-refractivity contribution in [1.82, 2.24) is 4.57 Å². The third-order valence-corrected chi connectivity index (χ3v) is 10.5. The first kappa shape index (κ1) is 29.0. The molecule has 2 aliphatic rings. The topological polar surface area (TPSA) is 128 Å². The molecule has 0 aliphatic carbocycles. The van der Waals surface area contributed by atoms with Crippen LogP contribution in [0.2, 0.25) is 18.6 Å². The van der Waals surface area contributed by atoms with Crippen molar-refractivity contribution in [2.24, 2.45) is 5.92 Å². The van der Waals surface area contributed by atoms with Crippen LogP contribution in [0.25, 0.3) is 5.69 Å². The fraction of sp³-hybridized carbons (Fsp3) is 0.536. The predicted molar refractivity (Wildman–Crippen MR) is 148 cm³/mol. The van der Waals surface area contributed by atoms with Gasteiger partial charge in [0.05, 0.1) is 26.0 Å². The Kier molecular flexibility index (Phi) is 8.36. The number of hydrogen-bond acceptors (Lipinski definition) is 8. The molecule has 1 aromatic carbocycles. The van der Waals surface area contributed by atoms with E-state index in [0.717, 1.165) is 0 Å². The average molecular weight is 559 g/mol. The van der Waals surface area contributed by atoms with Gasteiger partial charge in [-0.3, -0.25) is 19.0 Å². The van der Waals surface area contributed by atoms with E-state index in [1.165, 1.54) is 18.8 Å². The van der Waals surface area contributed by atoms with Gasteiger partial charge >= 0.3 is 5.97 Å². The van der Waals surface area contributed by atoms with E-state index in [4.69, 9.17) is 14.2 Å². The van der Waals surface area contributed by atoms with E-state index in [2.05, 4.69) is 0 Å². The number of carbonyl (C=O) groups excluding carboxylic acids is 2. The van der Waals surface area contributed by atoms with Crippen molar-refractivity contribution in [3.05, 3.63) is 52.4 Å². The third-order valence-electron chi connectivity index (χ3n) is 8.03. The summed E-state index contributed by atoms with van der Waals surface area (Å²) in [4.78, 5) is 51.9. The van der Waals surface area contributed by atoms with E-state index in [1.807, 2.05) is 32.2 Å². The first-order valence-electron chi connectivity index (χ1n) is 13.3. The molecule has 4 rings (SSSR count). The zero-order valence-electron chi connectivity index (χ0n) is 23.2. The number of rotatable bonds is 10. The predicted octanol–water partition coefficient (Wildman–Crippen LogP) is 2.72. The summed E-state index contributed by atoms with van der Waals surface area (Å²) < 4.78 is 18.0. The van der Waals surface area contributed by atoms with Crippen LogP contribution in [-0.2, 0) is 24.7 Å². The number of anilines is 1. The van der Waals surface area contributed by atoms with E-state index in [9.17, 15) is 24.3 Å². The maximum Gasteiger partial charge on any atom is 0.305 e. The molecular formula is C28H38N2O8Si. The molecule has 1 fully saturated rings. The summed E-state index contributed by atoms with van der Waals surface area (Å²) >= 11 is 0. The first-order chi connectivity index (χ1) is 18.5.